The summed E-state index contributed by atoms with van der Waals surface area (Å²) < 4.78 is 8.64. The Labute approximate surface area is 292 Å². The van der Waals surface area contributed by atoms with Gasteiger partial charge in [-0.05, 0) is 64.7 Å². The van der Waals surface area contributed by atoms with E-state index in [0.717, 1.165) is 60.9 Å². The number of fused-ring (bicyclic) bond motifs is 6. The van der Waals surface area contributed by atoms with Crippen molar-refractivity contribution in [2.24, 2.45) is 0 Å². The first kappa shape index (κ1) is 28.6. The lowest BCUT2D eigenvalue weighted by molar-refractivity contribution is 0.669. The van der Waals surface area contributed by atoms with Crippen LogP contribution < -0.4 is 0 Å². The van der Waals surface area contributed by atoms with Crippen molar-refractivity contribution >= 4 is 53.4 Å². The lowest BCUT2D eigenvalue weighted by Gasteiger charge is -2.11. The van der Waals surface area contributed by atoms with Crippen LogP contribution in [-0.2, 0) is 0 Å². The Kier molecular flexibility index (Phi) is 6.64. The molecule has 0 aliphatic carbocycles. The van der Waals surface area contributed by atoms with Crippen LogP contribution in [0.2, 0.25) is 0 Å². The summed E-state index contributed by atoms with van der Waals surface area (Å²) in [5.74, 6) is 1.91. The van der Waals surface area contributed by atoms with Gasteiger partial charge >= 0.3 is 0 Å². The van der Waals surface area contributed by atoms with E-state index in [9.17, 15) is 0 Å². The van der Waals surface area contributed by atoms with Gasteiger partial charge in [-0.3, -0.25) is 0 Å². The van der Waals surface area contributed by atoms with Crippen molar-refractivity contribution in [2.45, 2.75) is 0 Å². The Balaban J connectivity index is 1.15. The van der Waals surface area contributed by atoms with Crippen LogP contribution in [0.4, 0.5) is 0 Å². The molecule has 0 bridgehead atoms. The number of furan rings is 1. The van der Waals surface area contributed by atoms with Crippen LogP contribution in [0.1, 0.15) is 0 Å². The Morgan fingerprint density at radius 1 is 0.360 bits per heavy atom. The van der Waals surface area contributed by atoms with Gasteiger partial charge in [0.1, 0.15) is 11.2 Å². The summed E-state index contributed by atoms with van der Waals surface area (Å²) in [6.07, 6.45) is 0. The van der Waals surface area contributed by atoms with E-state index >= 15 is 0 Å². The number of hydrogen-bond acceptors (Lipinski definition) is 5. The second-order valence-corrected chi connectivity index (χ2v) is 13.5. The number of benzene rings is 7. The van der Waals surface area contributed by atoms with Gasteiger partial charge in [0, 0.05) is 47.6 Å². The number of rotatable bonds is 5. The monoisotopic (exact) mass is 657 g/mol. The van der Waals surface area contributed by atoms with E-state index in [1.807, 2.05) is 24.3 Å². The standard InChI is InChI=1S/C45H27N3OS/c1-2-11-28(12-3-1)29-13-8-15-32(25-29)43-46-44(48-45(47-43)38-20-10-19-37-36-18-5-7-22-41(36)50-42(37)38)33-16-9-14-30(26-33)31-23-24-35-34-17-4-6-21-39(34)49-40(35)27-31/h1-27H. The van der Waals surface area contributed by atoms with E-state index in [1.165, 1.54) is 20.2 Å². The molecule has 0 atom stereocenters. The Morgan fingerprint density at radius 2 is 0.920 bits per heavy atom. The molecule has 10 rings (SSSR count). The van der Waals surface area contributed by atoms with Crippen LogP contribution in [0.3, 0.4) is 0 Å². The lowest BCUT2D eigenvalue weighted by atomic mass is 10.0. The fourth-order valence-corrected chi connectivity index (χ4v) is 8.10. The number of hydrogen-bond donors (Lipinski definition) is 0. The normalized spacial score (nSPS) is 11.6. The zero-order valence-corrected chi connectivity index (χ0v) is 27.6. The summed E-state index contributed by atoms with van der Waals surface area (Å²) in [5.41, 5.74) is 9.00. The highest BCUT2D eigenvalue weighted by Crippen LogP contribution is 2.40. The molecule has 7 aromatic carbocycles. The van der Waals surface area contributed by atoms with Gasteiger partial charge in [0.15, 0.2) is 17.5 Å². The molecule has 50 heavy (non-hydrogen) atoms. The summed E-state index contributed by atoms with van der Waals surface area (Å²) in [5, 5.41) is 4.69. The summed E-state index contributed by atoms with van der Waals surface area (Å²) >= 11 is 1.78. The largest absolute Gasteiger partial charge is 0.456 e. The number of nitrogens with zero attached hydrogens (tertiary/aromatic N) is 3. The highest BCUT2D eigenvalue weighted by molar-refractivity contribution is 7.26. The highest BCUT2D eigenvalue weighted by atomic mass is 32.1. The average Bonchev–Trinajstić information content (AvgIpc) is 3.76. The van der Waals surface area contributed by atoms with Crippen molar-refractivity contribution in [1.82, 2.24) is 15.0 Å². The van der Waals surface area contributed by atoms with Gasteiger partial charge in [0.05, 0.1) is 0 Å². The van der Waals surface area contributed by atoms with E-state index in [4.69, 9.17) is 19.4 Å². The lowest BCUT2D eigenvalue weighted by Crippen LogP contribution is -2.00. The topological polar surface area (TPSA) is 51.8 Å². The third-order valence-corrected chi connectivity index (χ3v) is 10.6. The minimum Gasteiger partial charge on any atom is -0.456 e. The zero-order chi connectivity index (χ0) is 33.0. The fraction of sp³-hybridized carbons (Fsp3) is 0. The molecule has 0 fully saturated rings. The summed E-state index contributed by atoms with van der Waals surface area (Å²) in [4.78, 5) is 15.5. The number of aromatic nitrogens is 3. The molecule has 0 saturated heterocycles. The van der Waals surface area contributed by atoms with Gasteiger partial charge < -0.3 is 4.42 Å². The molecule has 5 heteroatoms. The Bertz CT molecular complexity index is 2890. The molecule has 0 unspecified atom stereocenters. The van der Waals surface area contributed by atoms with Gasteiger partial charge in [0.25, 0.3) is 0 Å². The van der Waals surface area contributed by atoms with Crippen LogP contribution in [0.15, 0.2) is 168 Å². The maximum atomic E-state index is 6.23. The van der Waals surface area contributed by atoms with Gasteiger partial charge in [-0.2, -0.15) is 0 Å². The van der Waals surface area contributed by atoms with Crippen molar-refractivity contribution in [3.63, 3.8) is 0 Å². The molecule has 0 saturated carbocycles. The first-order chi connectivity index (χ1) is 24.7. The molecule has 0 radical (unpaired) electrons. The van der Waals surface area contributed by atoms with Gasteiger partial charge in [-0.15, -0.1) is 11.3 Å². The van der Waals surface area contributed by atoms with E-state index in [-0.39, 0.29) is 0 Å². The maximum absolute atomic E-state index is 6.23. The Morgan fingerprint density at radius 3 is 1.72 bits per heavy atom. The molecular weight excluding hydrogens is 631 g/mol. The van der Waals surface area contributed by atoms with E-state index in [1.54, 1.807) is 11.3 Å². The molecule has 10 aromatic rings. The molecule has 3 heterocycles. The van der Waals surface area contributed by atoms with Crippen LogP contribution in [0, 0.1) is 0 Å². The average molecular weight is 658 g/mol. The predicted molar refractivity (Wildman–Crippen MR) is 207 cm³/mol. The zero-order valence-electron chi connectivity index (χ0n) is 26.7. The van der Waals surface area contributed by atoms with Crippen molar-refractivity contribution in [3.8, 4) is 56.4 Å². The van der Waals surface area contributed by atoms with Crippen molar-refractivity contribution in [2.75, 3.05) is 0 Å². The van der Waals surface area contributed by atoms with Gasteiger partial charge in [-0.25, -0.2) is 15.0 Å². The molecule has 0 amide bonds. The minimum absolute atomic E-state index is 0.625. The predicted octanol–water partition coefficient (Wildman–Crippen LogP) is 12.5. The molecule has 0 aliphatic rings. The Hall–Kier alpha value is -6.43. The maximum Gasteiger partial charge on any atom is 0.165 e. The second kappa shape index (κ2) is 11.6. The van der Waals surface area contributed by atoms with Crippen molar-refractivity contribution in [3.05, 3.63) is 164 Å². The molecule has 234 valence electrons. The van der Waals surface area contributed by atoms with Crippen LogP contribution >= 0.6 is 11.3 Å². The molecule has 4 nitrogen and oxygen atoms in total. The fourth-order valence-electron chi connectivity index (χ4n) is 6.89. The van der Waals surface area contributed by atoms with Crippen LogP contribution in [-0.4, -0.2) is 15.0 Å². The third kappa shape index (κ3) is 4.87. The molecule has 0 spiro atoms. The summed E-state index contributed by atoms with van der Waals surface area (Å²) in [6, 6.07) is 56.8. The number of thiophene rings is 1. The first-order valence-corrected chi connectivity index (χ1v) is 17.4. The van der Waals surface area contributed by atoms with Crippen molar-refractivity contribution in [1.29, 1.82) is 0 Å². The quantitative estimate of drug-likeness (QED) is 0.185. The second-order valence-electron chi connectivity index (χ2n) is 12.4. The molecule has 0 aliphatic heterocycles. The van der Waals surface area contributed by atoms with E-state index in [2.05, 4.69) is 140 Å². The number of para-hydroxylation sites is 1. The van der Waals surface area contributed by atoms with E-state index < -0.39 is 0 Å². The first-order valence-electron chi connectivity index (χ1n) is 16.6. The SMILES string of the molecule is c1ccc(-c2cccc(-c3nc(-c4cccc(-c5ccc6c(c5)oc5ccccc56)c4)nc(-c4cccc5c4sc4ccccc45)n3)c2)cc1. The van der Waals surface area contributed by atoms with Crippen LogP contribution in [0.25, 0.3) is 98.5 Å². The third-order valence-electron chi connectivity index (χ3n) is 9.34. The minimum atomic E-state index is 0.625. The summed E-state index contributed by atoms with van der Waals surface area (Å²) in [7, 11) is 0. The smallest absolute Gasteiger partial charge is 0.165 e. The van der Waals surface area contributed by atoms with Gasteiger partial charge in [-0.1, -0.05) is 121 Å². The van der Waals surface area contributed by atoms with Gasteiger partial charge in [0.2, 0.25) is 0 Å². The molecule has 3 aromatic heterocycles. The summed E-state index contributed by atoms with van der Waals surface area (Å²) in [6.45, 7) is 0. The molecule has 0 N–H and O–H groups in total. The van der Waals surface area contributed by atoms with E-state index in [0.29, 0.717) is 17.5 Å². The highest BCUT2D eigenvalue weighted by Gasteiger charge is 2.17. The van der Waals surface area contributed by atoms with Crippen LogP contribution in [0.5, 0.6) is 0 Å². The molecular formula is C45H27N3OS. The van der Waals surface area contributed by atoms with Crippen molar-refractivity contribution < 1.29 is 4.42 Å².